The van der Waals surface area contributed by atoms with E-state index >= 15 is 0 Å². The molecule has 2 nitrogen and oxygen atoms in total. The van der Waals surface area contributed by atoms with Crippen molar-refractivity contribution in [3.8, 4) is 12.3 Å². The van der Waals surface area contributed by atoms with Crippen LogP contribution < -0.4 is 0 Å². The van der Waals surface area contributed by atoms with Crippen molar-refractivity contribution in [2.75, 3.05) is 13.2 Å². The largest absolute Gasteiger partial charge is 0.381 e. The fraction of sp³-hybridized carbons (Fsp3) is 0.432. The quantitative estimate of drug-likeness (QED) is 0.202. The molecule has 0 aromatic heterocycles. The summed E-state index contributed by atoms with van der Waals surface area (Å²) < 4.78 is 5.82. The van der Waals surface area contributed by atoms with Crippen LogP contribution in [0.3, 0.4) is 0 Å². The molecule has 46 heavy (non-hydrogen) atoms. The Hall–Kier alpha value is -3.67. The van der Waals surface area contributed by atoms with Crippen LogP contribution in [-0.4, -0.2) is 19.0 Å². The van der Waals surface area contributed by atoms with Crippen molar-refractivity contribution in [1.29, 1.82) is 0 Å². The minimum absolute atomic E-state index is 0.0352. The number of Topliss-reactive ketones (excluding diaryl/α,β-unsaturated/α-hetero) is 1. The number of ketones is 1. The van der Waals surface area contributed by atoms with Gasteiger partial charge in [0.05, 0.1) is 0 Å². The molecule has 3 aliphatic rings. The van der Waals surface area contributed by atoms with Gasteiger partial charge in [-0.15, -0.1) is 6.42 Å². The molecule has 1 aliphatic heterocycles. The van der Waals surface area contributed by atoms with Crippen LogP contribution >= 0.6 is 0 Å². The molecule has 1 saturated heterocycles. The first-order chi connectivity index (χ1) is 22.5. The number of aryl methyl sites for hydroxylation is 1. The molecular weight excluding hydrogens is 560 g/mol. The fourth-order valence-corrected chi connectivity index (χ4v) is 8.10. The van der Waals surface area contributed by atoms with E-state index in [9.17, 15) is 4.79 Å². The minimum Gasteiger partial charge on any atom is -0.381 e. The number of allylic oxidation sites excluding steroid dienone is 4. The first-order valence-electron chi connectivity index (χ1n) is 17.7. The maximum Gasteiger partial charge on any atom is 0.140 e. The van der Waals surface area contributed by atoms with Gasteiger partial charge in [0.15, 0.2) is 0 Å². The number of carbonyl (C=O) groups is 1. The van der Waals surface area contributed by atoms with E-state index in [0.717, 1.165) is 57.3 Å². The predicted octanol–water partition coefficient (Wildman–Crippen LogP) is 9.81. The molecule has 0 amide bonds. The number of hydrogen-bond acceptors (Lipinski definition) is 2. The van der Waals surface area contributed by atoms with Gasteiger partial charge in [-0.1, -0.05) is 105 Å². The summed E-state index contributed by atoms with van der Waals surface area (Å²) in [6.07, 6.45) is 21.9. The highest BCUT2D eigenvalue weighted by atomic mass is 16.5. The van der Waals surface area contributed by atoms with E-state index in [-0.39, 0.29) is 5.92 Å². The Balaban J connectivity index is 1.13. The van der Waals surface area contributed by atoms with Crippen LogP contribution in [0.2, 0.25) is 0 Å². The Kier molecular flexibility index (Phi) is 10.7. The molecule has 6 rings (SSSR count). The van der Waals surface area contributed by atoms with Crippen molar-refractivity contribution < 1.29 is 9.53 Å². The topological polar surface area (TPSA) is 26.3 Å². The second-order valence-corrected chi connectivity index (χ2v) is 14.3. The second-order valence-electron chi connectivity index (χ2n) is 14.3. The van der Waals surface area contributed by atoms with Crippen molar-refractivity contribution in [2.24, 2.45) is 29.6 Å². The highest BCUT2D eigenvalue weighted by molar-refractivity contribution is 5.86. The molecule has 3 aromatic carbocycles. The van der Waals surface area contributed by atoms with Crippen molar-refractivity contribution in [3.05, 3.63) is 124 Å². The number of ether oxygens (including phenoxy) is 1. The van der Waals surface area contributed by atoms with Gasteiger partial charge in [0, 0.05) is 31.1 Å². The number of benzene rings is 3. The SMILES string of the molecule is C#Cc1ccc(CC2CCC(C(C(=O)CCc3ccccc3)c3ccc(C4=CC(C)C=C4)cc3)CC2)cc1CC1COCCC1C. The summed E-state index contributed by atoms with van der Waals surface area (Å²) in [6.45, 7) is 6.28. The summed E-state index contributed by atoms with van der Waals surface area (Å²) in [7, 11) is 0. The Labute approximate surface area is 277 Å². The number of rotatable bonds is 11. The maximum absolute atomic E-state index is 14.0. The summed E-state index contributed by atoms with van der Waals surface area (Å²) in [5.74, 6) is 6.01. The molecule has 0 bridgehead atoms. The average molecular weight is 611 g/mol. The van der Waals surface area contributed by atoms with Crippen LogP contribution in [0, 0.1) is 41.9 Å². The lowest BCUT2D eigenvalue weighted by Gasteiger charge is -2.34. The third-order valence-corrected chi connectivity index (χ3v) is 11.0. The third-order valence-electron chi connectivity index (χ3n) is 11.0. The van der Waals surface area contributed by atoms with Crippen LogP contribution in [0.4, 0.5) is 0 Å². The fourth-order valence-electron chi connectivity index (χ4n) is 8.10. The van der Waals surface area contributed by atoms with E-state index in [1.807, 2.05) is 6.07 Å². The molecular formula is C44H50O2. The van der Waals surface area contributed by atoms with Gasteiger partial charge in [-0.3, -0.25) is 4.79 Å². The summed E-state index contributed by atoms with van der Waals surface area (Å²) in [5.41, 5.74) is 8.69. The smallest absolute Gasteiger partial charge is 0.140 e. The van der Waals surface area contributed by atoms with Crippen LogP contribution in [0.25, 0.3) is 5.57 Å². The zero-order chi connectivity index (χ0) is 31.9. The predicted molar refractivity (Wildman–Crippen MR) is 191 cm³/mol. The monoisotopic (exact) mass is 610 g/mol. The standard InChI is InChI=1S/C44H50O2/c1-4-36-16-13-35(28-41(36)29-42-30-46-25-24-32(42)3)27-34-11-17-38(18-12-34)44(43(45)23-14-33-8-6-5-7-9-33)39-21-19-37(20-22-39)40-15-10-31(2)26-40/h1,5-10,13,15-16,19-22,26,28,31-32,34,38,42,44H,11-12,14,17-18,23-25,27,29-30H2,2-3H3. The van der Waals surface area contributed by atoms with Crippen molar-refractivity contribution in [1.82, 2.24) is 0 Å². The molecule has 2 fully saturated rings. The molecule has 0 radical (unpaired) electrons. The van der Waals surface area contributed by atoms with Gasteiger partial charge < -0.3 is 4.74 Å². The molecule has 3 aromatic rings. The van der Waals surface area contributed by atoms with Crippen molar-refractivity contribution in [3.63, 3.8) is 0 Å². The highest BCUT2D eigenvalue weighted by Crippen LogP contribution is 2.41. The lowest BCUT2D eigenvalue weighted by Crippen LogP contribution is -2.28. The van der Waals surface area contributed by atoms with Crippen LogP contribution in [0.15, 0.2) is 91.0 Å². The first kappa shape index (κ1) is 32.3. The van der Waals surface area contributed by atoms with Crippen molar-refractivity contribution in [2.45, 2.75) is 77.6 Å². The molecule has 1 heterocycles. The third kappa shape index (κ3) is 8.00. The molecule has 2 aliphatic carbocycles. The van der Waals surface area contributed by atoms with Crippen LogP contribution in [-0.2, 0) is 28.8 Å². The summed E-state index contributed by atoms with van der Waals surface area (Å²) in [5, 5.41) is 0. The first-order valence-corrected chi connectivity index (χ1v) is 17.7. The Morgan fingerprint density at radius 2 is 1.70 bits per heavy atom. The summed E-state index contributed by atoms with van der Waals surface area (Å²) >= 11 is 0. The second kappa shape index (κ2) is 15.3. The average Bonchev–Trinajstić information content (AvgIpc) is 3.53. The lowest BCUT2D eigenvalue weighted by molar-refractivity contribution is -0.122. The van der Waals surface area contributed by atoms with Gasteiger partial charge in [0.2, 0.25) is 0 Å². The van der Waals surface area contributed by atoms with Gasteiger partial charge >= 0.3 is 0 Å². The summed E-state index contributed by atoms with van der Waals surface area (Å²) in [4.78, 5) is 14.0. The van der Waals surface area contributed by atoms with Gasteiger partial charge in [-0.25, -0.2) is 0 Å². The van der Waals surface area contributed by atoms with E-state index in [1.165, 1.54) is 46.2 Å². The summed E-state index contributed by atoms with van der Waals surface area (Å²) in [6, 6.07) is 26.2. The molecule has 0 N–H and O–H groups in total. The lowest BCUT2D eigenvalue weighted by atomic mass is 9.70. The van der Waals surface area contributed by atoms with E-state index in [1.54, 1.807) is 0 Å². The van der Waals surface area contributed by atoms with E-state index in [2.05, 4.69) is 105 Å². The molecule has 4 atom stereocenters. The Morgan fingerprint density at radius 3 is 2.39 bits per heavy atom. The Bertz CT molecular complexity index is 1560. The van der Waals surface area contributed by atoms with Gasteiger partial charge in [0.25, 0.3) is 0 Å². The number of terminal acetylenes is 1. The van der Waals surface area contributed by atoms with Crippen molar-refractivity contribution >= 4 is 11.4 Å². The van der Waals surface area contributed by atoms with Gasteiger partial charge in [-0.2, -0.15) is 0 Å². The van der Waals surface area contributed by atoms with Crippen LogP contribution in [0.1, 0.15) is 91.7 Å². The van der Waals surface area contributed by atoms with Crippen LogP contribution in [0.5, 0.6) is 0 Å². The number of carbonyl (C=O) groups excluding carboxylic acids is 1. The van der Waals surface area contributed by atoms with Gasteiger partial charge in [0.1, 0.15) is 5.78 Å². The molecule has 238 valence electrons. The normalized spacial score (nSPS) is 25.1. The zero-order valence-electron chi connectivity index (χ0n) is 27.8. The molecule has 0 spiro atoms. The molecule has 1 saturated carbocycles. The minimum atomic E-state index is -0.0352. The number of hydrogen-bond donors (Lipinski definition) is 0. The van der Waals surface area contributed by atoms with E-state index < -0.39 is 0 Å². The maximum atomic E-state index is 14.0. The molecule has 2 heteroatoms. The van der Waals surface area contributed by atoms with E-state index in [4.69, 9.17) is 11.2 Å². The Morgan fingerprint density at radius 1 is 0.913 bits per heavy atom. The van der Waals surface area contributed by atoms with E-state index in [0.29, 0.717) is 41.8 Å². The molecule has 4 unspecified atom stereocenters. The van der Waals surface area contributed by atoms with Gasteiger partial charge in [-0.05, 0) is 120 Å². The zero-order valence-corrected chi connectivity index (χ0v) is 27.8. The highest BCUT2D eigenvalue weighted by Gasteiger charge is 2.33.